The van der Waals surface area contributed by atoms with E-state index in [1.807, 2.05) is 37.4 Å². The van der Waals surface area contributed by atoms with Crippen molar-refractivity contribution in [1.82, 2.24) is 4.90 Å². The number of nitrogens with two attached hydrogens (primary N) is 1. The van der Waals surface area contributed by atoms with Crippen LogP contribution in [0.3, 0.4) is 0 Å². The van der Waals surface area contributed by atoms with Crippen LogP contribution in [-0.4, -0.2) is 22.8 Å². The van der Waals surface area contributed by atoms with Crippen LogP contribution in [0.4, 0.5) is 0 Å². The number of thiocarbonyl (C=S) groups is 1. The van der Waals surface area contributed by atoms with E-state index in [9.17, 15) is 4.79 Å². The Morgan fingerprint density at radius 2 is 1.76 bits per heavy atom. The highest BCUT2D eigenvalue weighted by molar-refractivity contribution is 7.80. The van der Waals surface area contributed by atoms with Crippen molar-refractivity contribution in [2.45, 2.75) is 45.1 Å². The van der Waals surface area contributed by atoms with Crippen LogP contribution >= 0.6 is 12.2 Å². The molecule has 1 aromatic carbocycles. The number of carbonyl (C=O) groups excluding carboxylic acids is 1. The van der Waals surface area contributed by atoms with Crippen LogP contribution in [0.25, 0.3) is 0 Å². The van der Waals surface area contributed by atoms with Crippen molar-refractivity contribution in [3.63, 3.8) is 0 Å². The van der Waals surface area contributed by atoms with Gasteiger partial charge in [-0.1, -0.05) is 68.2 Å². The third-order valence-corrected chi connectivity index (χ3v) is 4.84. The van der Waals surface area contributed by atoms with Crippen molar-refractivity contribution in [2.24, 2.45) is 11.1 Å². The average Bonchev–Trinajstić information content (AvgIpc) is 2.74. The molecule has 0 atom stereocenters. The van der Waals surface area contributed by atoms with Gasteiger partial charge in [0.05, 0.1) is 10.4 Å². The molecule has 1 fully saturated rings. The van der Waals surface area contributed by atoms with Crippen LogP contribution in [0.1, 0.15) is 44.1 Å². The van der Waals surface area contributed by atoms with E-state index in [2.05, 4.69) is 0 Å². The van der Waals surface area contributed by atoms with Crippen LogP contribution in [0.5, 0.6) is 0 Å². The predicted octanol–water partition coefficient (Wildman–Crippen LogP) is 3.27. The van der Waals surface area contributed by atoms with Gasteiger partial charge in [-0.05, 0) is 18.4 Å². The van der Waals surface area contributed by atoms with Crippen molar-refractivity contribution in [2.75, 3.05) is 7.05 Å². The van der Waals surface area contributed by atoms with Crippen molar-refractivity contribution in [1.29, 1.82) is 0 Å². The fraction of sp³-hybridized carbons (Fsp3) is 0.529. The lowest BCUT2D eigenvalue weighted by molar-refractivity contribution is -0.138. The molecule has 114 valence electrons. The molecule has 0 unspecified atom stereocenters. The third-order valence-electron chi connectivity index (χ3n) is 4.45. The first-order valence-corrected chi connectivity index (χ1v) is 8.06. The minimum Gasteiger partial charge on any atom is -0.392 e. The lowest BCUT2D eigenvalue weighted by Crippen LogP contribution is -2.49. The molecule has 1 aliphatic rings. The number of carbonyl (C=O) groups is 1. The zero-order chi connectivity index (χ0) is 15.3. The van der Waals surface area contributed by atoms with E-state index in [-0.39, 0.29) is 5.91 Å². The Labute approximate surface area is 132 Å². The van der Waals surface area contributed by atoms with Gasteiger partial charge in [-0.3, -0.25) is 4.79 Å². The maximum Gasteiger partial charge on any atom is 0.235 e. The summed E-state index contributed by atoms with van der Waals surface area (Å²) in [7, 11) is 1.85. The summed E-state index contributed by atoms with van der Waals surface area (Å²) in [6.07, 6.45) is 5.98. The quantitative estimate of drug-likeness (QED) is 0.686. The van der Waals surface area contributed by atoms with Crippen molar-refractivity contribution < 1.29 is 4.79 Å². The molecule has 0 aromatic heterocycles. The highest BCUT2D eigenvalue weighted by Crippen LogP contribution is 2.37. The van der Waals surface area contributed by atoms with Crippen molar-refractivity contribution in [3.8, 4) is 0 Å². The van der Waals surface area contributed by atoms with Gasteiger partial charge in [0.1, 0.15) is 0 Å². The molecule has 1 saturated carbocycles. The van der Waals surface area contributed by atoms with E-state index in [1.54, 1.807) is 4.90 Å². The predicted molar refractivity (Wildman–Crippen MR) is 89.8 cm³/mol. The minimum absolute atomic E-state index is 0.0840. The number of hydrogen-bond donors (Lipinski definition) is 1. The van der Waals surface area contributed by atoms with Gasteiger partial charge < -0.3 is 10.6 Å². The molecule has 0 radical (unpaired) electrons. The molecule has 4 heteroatoms. The maximum atomic E-state index is 13.0. The van der Waals surface area contributed by atoms with Gasteiger partial charge in [0, 0.05) is 13.6 Å². The zero-order valence-corrected chi connectivity index (χ0v) is 13.5. The molecule has 1 amide bonds. The van der Waals surface area contributed by atoms with E-state index in [0.29, 0.717) is 11.5 Å². The summed E-state index contributed by atoms with van der Waals surface area (Å²) in [4.78, 5) is 15.1. The molecule has 0 aliphatic heterocycles. The molecular weight excluding hydrogens is 280 g/mol. The molecule has 0 spiro atoms. The van der Waals surface area contributed by atoms with E-state index >= 15 is 0 Å². The van der Waals surface area contributed by atoms with E-state index < -0.39 is 5.41 Å². The van der Waals surface area contributed by atoms with Gasteiger partial charge in [0.15, 0.2) is 0 Å². The fourth-order valence-corrected chi connectivity index (χ4v) is 3.48. The summed E-state index contributed by atoms with van der Waals surface area (Å²) in [5, 5.41) is 0. The van der Waals surface area contributed by atoms with Crippen molar-refractivity contribution in [3.05, 3.63) is 35.9 Å². The number of hydrogen-bond acceptors (Lipinski definition) is 2. The lowest BCUT2D eigenvalue weighted by Gasteiger charge is -2.34. The summed E-state index contributed by atoms with van der Waals surface area (Å²) in [5.41, 5.74) is 6.48. The summed E-state index contributed by atoms with van der Waals surface area (Å²) in [6, 6.07) is 10.0. The Bertz CT molecular complexity index is 493. The summed E-state index contributed by atoms with van der Waals surface area (Å²) >= 11 is 5.28. The van der Waals surface area contributed by atoms with Crippen molar-refractivity contribution >= 4 is 23.1 Å². The molecule has 21 heavy (non-hydrogen) atoms. The standard InChI is InChI=1S/C17H24N2OS/c1-19(13-14-9-5-4-6-10-14)16(20)17(15(18)21)11-7-2-3-8-12-17/h4-6,9-10H,2-3,7-8,11-13H2,1H3,(H2,18,21). The first kappa shape index (κ1) is 16.0. The molecular formula is C17H24N2OS. The maximum absolute atomic E-state index is 13.0. The van der Waals surface area contributed by atoms with Crippen LogP contribution in [0.15, 0.2) is 30.3 Å². The van der Waals surface area contributed by atoms with E-state index in [4.69, 9.17) is 18.0 Å². The monoisotopic (exact) mass is 304 g/mol. The van der Waals surface area contributed by atoms with Gasteiger partial charge in [-0.15, -0.1) is 0 Å². The van der Waals surface area contributed by atoms with Crippen LogP contribution in [0.2, 0.25) is 0 Å². The average molecular weight is 304 g/mol. The minimum atomic E-state index is -0.630. The van der Waals surface area contributed by atoms with Gasteiger partial charge in [-0.2, -0.15) is 0 Å². The summed E-state index contributed by atoms with van der Waals surface area (Å²) in [5.74, 6) is 0.0840. The second-order valence-electron chi connectivity index (χ2n) is 6.01. The van der Waals surface area contributed by atoms with Crippen LogP contribution in [0, 0.1) is 5.41 Å². The molecule has 0 saturated heterocycles. The number of amides is 1. The highest BCUT2D eigenvalue weighted by atomic mass is 32.1. The van der Waals surface area contributed by atoms with Gasteiger partial charge in [0.2, 0.25) is 5.91 Å². The molecule has 2 N–H and O–H groups in total. The SMILES string of the molecule is CN(Cc1ccccc1)C(=O)C1(C(N)=S)CCCCCC1. The summed E-state index contributed by atoms with van der Waals surface area (Å²) in [6.45, 7) is 0.601. The normalized spacial score (nSPS) is 17.8. The van der Waals surface area contributed by atoms with E-state index in [0.717, 1.165) is 31.2 Å². The molecule has 1 aromatic rings. The Balaban J connectivity index is 2.16. The Hall–Kier alpha value is -1.42. The highest BCUT2D eigenvalue weighted by Gasteiger charge is 2.43. The fourth-order valence-electron chi connectivity index (χ4n) is 3.19. The number of rotatable bonds is 4. The Kier molecular flexibility index (Phi) is 5.34. The smallest absolute Gasteiger partial charge is 0.235 e. The third kappa shape index (κ3) is 3.62. The number of nitrogens with zero attached hydrogens (tertiary/aromatic N) is 1. The second kappa shape index (κ2) is 7.03. The van der Waals surface area contributed by atoms with Gasteiger partial charge in [0.25, 0.3) is 0 Å². The largest absolute Gasteiger partial charge is 0.392 e. The molecule has 0 bridgehead atoms. The van der Waals surface area contributed by atoms with Crippen LogP contribution < -0.4 is 5.73 Å². The molecule has 3 nitrogen and oxygen atoms in total. The molecule has 0 heterocycles. The first-order valence-electron chi connectivity index (χ1n) is 7.66. The first-order chi connectivity index (χ1) is 10.1. The van der Waals surface area contributed by atoms with Gasteiger partial charge in [-0.25, -0.2) is 0 Å². The van der Waals surface area contributed by atoms with E-state index in [1.165, 1.54) is 12.8 Å². The van der Waals surface area contributed by atoms with Gasteiger partial charge >= 0.3 is 0 Å². The molecule has 2 rings (SSSR count). The topological polar surface area (TPSA) is 46.3 Å². The van der Waals surface area contributed by atoms with Crippen LogP contribution in [-0.2, 0) is 11.3 Å². The second-order valence-corrected chi connectivity index (χ2v) is 6.45. The Morgan fingerprint density at radius 1 is 1.19 bits per heavy atom. The lowest BCUT2D eigenvalue weighted by atomic mass is 9.78. The Morgan fingerprint density at radius 3 is 2.29 bits per heavy atom. The zero-order valence-electron chi connectivity index (χ0n) is 12.7. The number of benzene rings is 1. The summed E-state index contributed by atoms with van der Waals surface area (Å²) < 4.78 is 0. The molecule has 1 aliphatic carbocycles.